The molecule has 0 aliphatic heterocycles. The summed E-state index contributed by atoms with van der Waals surface area (Å²) in [4.78, 5) is 30.9. The molecule has 0 saturated heterocycles. The summed E-state index contributed by atoms with van der Waals surface area (Å²) in [5.74, 6) is -1.05. The van der Waals surface area contributed by atoms with Gasteiger partial charge in [-0.15, -0.1) is 0 Å². The number of nitrogens with one attached hydrogen (secondary N) is 1. The molecule has 0 radical (unpaired) electrons. The Morgan fingerprint density at radius 2 is 1.89 bits per heavy atom. The average molecular weight is 265 g/mol. The summed E-state index contributed by atoms with van der Waals surface area (Å²) >= 11 is 0. The second kappa shape index (κ2) is 7.80. The highest BCUT2D eigenvalue weighted by Crippen LogP contribution is 2.05. The SMILES string of the molecule is CCOC(=O)C(=CNc1ccncn1)C(=O)OCC. The molecule has 1 aromatic rings. The lowest BCUT2D eigenvalue weighted by Crippen LogP contribution is -2.19. The van der Waals surface area contributed by atoms with Crippen LogP contribution in [0.25, 0.3) is 0 Å². The standard InChI is InChI=1S/C12H15N3O4/c1-3-18-11(16)9(12(17)19-4-2)7-14-10-5-6-13-8-15-10/h5-8H,3-4H2,1-2H3,(H,13,14,15). The molecule has 19 heavy (non-hydrogen) atoms. The molecule has 0 unspecified atom stereocenters. The van der Waals surface area contributed by atoms with Gasteiger partial charge in [-0.05, 0) is 19.9 Å². The molecule has 0 aliphatic carbocycles. The Kier molecular flexibility index (Phi) is 6.00. The minimum absolute atomic E-state index is 0.170. The maximum absolute atomic E-state index is 11.6. The minimum atomic E-state index is -0.748. The number of esters is 2. The largest absolute Gasteiger partial charge is 0.462 e. The lowest BCUT2D eigenvalue weighted by Gasteiger charge is -2.07. The summed E-state index contributed by atoms with van der Waals surface area (Å²) in [6, 6.07) is 1.59. The summed E-state index contributed by atoms with van der Waals surface area (Å²) in [7, 11) is 0. The molecular formula is C12H15N3O4. The van der Waals surface area contributed by atoms with Crippen LogP contribution in [0.15, 0.2) is 30.4 Å². The molecule has 7 heteroatoms. The van der Waals surface area contributed by atoms with Crippen molar-refractivity contribution in [3.8, 4) is 0 Å². The van der Waals surface area contributed by atoms with Gasteiger partial charge in [0, 0.05) is 12.4 Å². The van der Waals surface area contributed by atoms with E-state index in [0.717, 1.165) is 0 Å². The molecular weight excluding hydrogens is 250 g/mol. The zero-order valence-corrected chi connectivity index (χ0v) is 10.8. The molecule has 0 saturated carbocycles. The smallest absolute Gasteiger partial charge is 0.347 e. The van der Waals surface area contributed by atoms with Crippen molar-refractivity contribution < 1.29 is 19.1 Å². The topological polar surface area (TPSA) is 90.4 Å². The Morgan fingerprint density at radius 1 is 1.26 bits per heavy atom. The van der Waals surface area contributed by atoms with Gasteiger partial charge in [-0.1, -0.05) is 0 Å². The van der Waals surface area contributed by atoms with E-state index in [-0.39, 0.29) is 18.8 Å². The molecule has 1 N–H and O–H groups in total. The van der Waals surface area contributed by atoms with Crippen molar-refractivity contribution >= 4 is 17.8 Å². The van der Waals surface area contributed by atoms with Crippen LogP contribution in [0, 0.1) is 0 Å². The van der Waals surface area contributed by atoms with Crippen LogP contribution in [0.2, 0.25) is 0 Å². The fraction of sp³-hybridized carbons (Fsp3) is 0.333. The molecule has 0 amide bonds. The average Bonchev–Trinajstić information content (AvgIpc) is 2.41. The van der Waals surface area contributed by atoms with Crippen LogP contribution in [0.4, 0.5) is 5.82 Å². The number of carbonyl (C=O) groups is 2. The molecule has 0 aromatic carbocycles. The zero-order valence-electron chi connectivity index (χ0n) is 10.8. The van der Waals surface area contributed by atoms with Crippen molar-refractivity contribution in [2.24, 2.45) is 0 Å². The Hall–Kier alpha value is -2.44. The van der Waals surface area contributed by atoms with Gasteiger partial charge in [-0.2, -0.15) is 0 Å². The normalized spacial score (nSPS) is 9.37. The Balaban J connectivity index is 2.83. The van der Waals surface area contributed by atoms with Gasteiger partial charge in [-0.3, -0.25) is 0 Å². The maximum atomic E-state index is 11.6. The molecule has 0 atom stereocenters. The highest BCUT2D eigenvalue weighted by Gasteiger charge is 2.20. The molecule has 7 nitrogen and oxygen atoms in total. The van der Waals surface area contributed by atoms with Gasteiger partial charge < -0.3 is 14.8 Å². The van der Waals surface area contributed by atoms with Crippen molar-refractivity contribution in [3.05, 3.63) is 30.4 Å². The fourth-order valence-corrected chi connectivity index (χ4v) is 1.14. The van der Waals surface area contributed by atoms with E-state index in [4.69, 9.17) is 9.47 Å². The van der Waals surface area contributed by atoms with E-state index >= 15 is 0 Å². The van der Waals surface area contributed by atoms with E-state index in [0.29, 0.717) is 5.82 Å². The molecule has 0 fully saturated rings. The molecule has 102 valence electrons. The number of aromatic nitrogens is 2. The number of nitrogens with zero attached hydrogens (tertiary/aromatic N) is 2. The number of rotatable bonds is 6. The summed E-state index contributed by atoms with van der Waals surface area (Å²) in [5.41, 5.74) is -0.220. The predicted molar refractivity (Wildman–Crippen MR) is 67.0 cm³/mol. The third-order valence-corrected chi connectivity index (χ3v) is 1.94. The van der Waals surface area contributed by atoms with Crippen LogP contribution in [0.3, 0.4) is 0 Å². The van der Waals surface area contributed by atoms with Gasteiger partial charge in [0.2, 0.25) is 0 Å². The highest BCUT2D eigenvalue weighted by atomic mass is 16.6. The van der Waals surface area contributed by atoms with E-state index in [1.165, 1.54) is 18.7 Å². The first kappa shape index (κ1) is 14.6. The van der Waals surface area contributed by atoms with Gasteiger partial charge in [-0.25, -0.2) is 19.6 Å². The monoisotopic (exact) mass is 265 g/mol. The lowest BCUT2D eigenvalue weighted by molar-refractivity contribution is -0.146. The Labute approximate surface area is 110 Å². The van der Waals surface area contributed by atoms with E-state index < -0.39 is 11.9 Å². The summed E-state index contributed by atoms with van der Waals surface area (Å²) in [6.45, 7) is 3.64. The first-order valence-corrected chi connectivity index (χ1v) is 5.76. The van der Waals surface area contributed by atoms with Gasteiger partial charge in [0.1, 0.15) is 12.1 Å². The molecule has 0 aliphatic rings. The second-order valence-corrected chi connectivity index (χ2v) is 3.24. The van der Waals surface area contributed by atoms with Crippen LogP contribution >= 0.6 is 0 Å². The van der Waals surface area contributed by atoms with E-state index in [2.05, 4.69) is 15.3 Å². The number of ether oxygens (including phenoxy) is 2. The maximum Gasteiger partial charge on any atom is 0.347 e. The number of hydrogen-bond acceptors (Lipinski definition) is 7. The van der Waals surface area contributed by atoms with Gasteiger partial charge in [0.25, 0.3) is 0 Å². The van der Waals surface area contributed by atoms with Crippen molar-refractivity contribution in [1.82, 2.24) is 9.97 Å². The Bertz CT molecular complexity index is 439. The highest BCUT2D eigenvalue weighted by molar-refractivity contribution is 6.14. The minimum Gasteiger partial charge on any atom is -0.462 e. The predicted octanol–water partition coefficient (Wildman–Crippen LogP) is 0.899. The van der Waals surface area contributed by atoms with E-state index in [1.54, 1.807) is 19.9 Å². The molecule has 1 aromatic heterocycles. The van der Waals surface area contributed by atoms with Crippen molar-refractivity contribution in [3.63, 3.8) is 0 Å². The van der Waals surface area contributed by atoms with Crippen LogP contribution in [0.5, 0.6) is 0 Å². The van der Waals surface area contributed by atoms with Gasteiger partial charge in [0.15, 0.2) is 5.57 Å². The first-order chi connectivity index (χ1) is 9.19. The number of carbonyl (C=O) groups excluding carboxylic acids is 2. The quantitative estimate of drug-likeness (QED) is 0.353. The lowest BCUT2D eigenvalue weighted by atomic mass is 10.3. The number of hydrogen-bond donors (Lipinski definition) is 1. The molecule has 0 bridgehead atoms. The Morgan fingerprint density at radius 3 is 2.37 bits per heavy atom. The molecule has 1 rings (SSSR count). The van der Waals surface area contributed by atoms with E-state index in [9.17, 15) is 9.59 Å². The zero-order chi connectivity index (χ0) is 14.1. The van der Waals surface area contributed by atoms with Crippen LogP contribution < -0.4 is 5.32 Å². The third-order valence-electron chi connectivity index (χ3n) is 1.94. The molecule has 1 heterocycles. The fourth-order valence-electron chi connectivity index (χ4n) is 1.14. The summed E-state index contributed by atoms with van der Waals surface area (Å²) < 4.78 is 9.56. The van der Waals surface area contributed by atoms with Gasteiger partial charge >= 0.3 is 11.9 Å². The summed E-state index contributed by atoms with van der Waals surface area (Å²) in [5, 5.41) is 2.71. The third kappa shape index (κ3) is 4.74. The van der Waals surface area contributed by atoms with Crippen molar-refractivity contribution in [2.45, 2.75) is 13.8 Å². The second-order valence-electron chi connectivity index (χ2n) is 3.24. The molecule has 0 spiro atoms. The van der Waals surface area contributed by atoms with Crippen molar-refractivity contribution in [1.29, 1.82) is 0 Å². The van der Waals surface area contributed by atoms with E-state index in [1.807, 2.05) is 0 Å². The van der Waals surface area contributed by atoms with Gasteiger partial charge in [0.05, 0.1) is 13.2 Å². The van der Waals surface area contributed by atoms with Crippen LogP contribution in [-0.4, -0.2) is 35.1 Å². The summed E-state index contributed by atoms with van der Waals surface area (Å²) in [6.07, 6.45) is 4.07. The first-order valence-electron chi connectivity index (χ1n) is 5.76. The van der Waals surface area contributed by atoms with Crippen LogP contribution in [-0.2, 0) is 19.1 Å². The van der Waals surface area contributed by atoms with Crippen LogP contribution in [0.1, 0.15) is 13.8 Å². The number of anilines is 1. The van der Waals surface area contributed by atoms with Crippen molar-refractivity contribution in [2.75, 3.05) is 18.5 Å².